The third kappa shape index (κ3) is 7.23. The van der Waals surface area contributed by atoms with E-state index < -0.39 is 24.0 Å². The fourth-order valence-electron chi connectivity index (χ4n) is 3.14. The van der Waals surface area contributed by atoms with Crippen molar-refractivity contribution in [1.82, 2.24) is 5.48 Å². The number of anilines is 1. The first-order valence-corrected chi connectivity index (χ1v) is 10.4. The van der Waals surface area contributed by atoms with Gasteiger partial charge in [-0.25, -0.2) is 10.3 Å². The zero-order valence-corrected chi connectivity index (χ0v) is 19.1. The first kappa shape index (κ1) is 25.7. The molecular weight excluding hydrogens is 428 g/mol. The van der Waals surface area contributed by atoms with Crippen LogP contribution in [0, 0.1) is 5.92 Å². The number of rotatable bonds is 10. The number of hydroxylamine groups is 1. The number of aliphatic hydroxyl groups excluding tert-OH is 1. The highest BCUT2D eigenvalue weighted by molar-refractivity contribution is 5.92. The molecule has 0 radical (unpaired) electrons. The smallest absolute Gasteiger partial charge is 0.412 e. The lowest BCUT2D eigenvalue weighted by Crippen LogP contribution is -2.25. The summed E-state index contributed by atoms with van der Waals surface area (Å²) in [6.07, 6.45) is -1.41. The lowest BCUT2D eigenvalue weighted by Gasteiger charge is -2.26. The summed E-state index contributed by atoms with van der Waals surface area (Å²) in [7, 11) is 1.55. The fraction of sp³-hybridized carbons (Fsp3) is 0.333. The largest absolute Gasteiger partial charge is 0.497 e. The summed E-state index contributed by atoms with van der Waals surface area (Å²) in [4.78, 5) is 24.6. The monoisotopic (exact) mass is 458 g/mol. The maximum atomic E-state index is 12.7. The van der Waals surface area contributed by atoms with E-state index in [0.717, 1.165) is 0 Å². The predicted molar refractivity (Wildman–Crippen MR) is 122 cm³/mol. The number of carbonyl (C=O) groups is 2. The third-order valence-corrected chi connectivity index (χ3v) is 5.31. The average Bonchev–Trinajstić information content (AvgIpc) is 2.85. The van der Waals surface area contributed by atoms with Crippen LogP contribution in [0.1, 0.15) is 32.4 Å². The van der Waals surface area contributed by atoms with Gasteiger partial charge < -0.3 is 19.3 Å². The van der Waals surface area contributed by atoms with Crippen LogP contribution in [0.15, 0.2) is 59.7 Å². The first-order chi connectivity index (χ1) is 15.8. The molecule has 0 unspecified atom stereocenters. The number of aliphatic hydroxyl groups is 1. The molecule has 9 heteroatoms. The highest BCUT2D eigenvalue weighted by Gasteiger charge is 2.27. The summed E-state index contributed by atoms with van der Waals surface area (Å²) in [6, 6.07) is 13.7. The fourth-order valence-corrected chi connectivity index (χ4v) is 3.14. The van der Waals surface area contributed by atoms with E-state index >= 15 is 0 Å². The number of amides is 2. The second-order valence-electron chi connectivity index (χ2n) is 7.36. The molecule has 2 atom stereocenters. The van der Waals surface area contributed by atoms with Gasteiger partial charge in [0.05, 0.1) is 13.7 Å². The van der Waals surface area contributed by atoms with Crippen LogP contribution in [-0.4, -0.2) is 42.6 Å². The van der Waals surface area contributed by atoms with Crippen LogP contribution in [-0.2, 0) is 9.53 Å². The number of nitrogens with one attached hydrogen (secondary N) is 2. The molecule has 2 amide bonds. The van der Waals surface area contributed by atoms with Gasteiger partial charge in [0.2, 0.25) is 0 Å². The van der Waals surface area contributed by atoms with Gasteiger partial charge >= 0.3 is 6.09 Å². The molecule has 0 aliphatic heterocycles. The molecule has 0 aliphatic carbocycles. The molecule has 0 fully saturated rings. The van der Waals surface area contributed by atoms with Crippen molar-refractivity contribution in [2.24, 2.45) is 5.92 Å². The van der Waals surface area contributed by atoms with Gasteiger partial charge in [-0.2, -0.15) is 0 Å². The molecule has 0 saturated heterocycles. The molecular formula is C24H30N2O7. The Morgan fingerprint density at radius 3 is 2.15 bits per heavy atom. The molecule has 0 spiro atoms. The van der Waals surface area contributed by atoms with Gasteiger partial charge in [0, 0.05) is 17.2 Å². The number of methoxy groups -OCH3 is 1. The summed E-state index contributed by atoms with van der Waals surface area (Å²) in [5.41, 5.74) is 3.80. The van der Waals surface area contributed by atoms with Crippen molar-refractivity contribution in [3.8, 4) is 11.5 Å². The summed E-state index contributed by atoms with van der Waals surface area (Å²) < 4.78 is 16.3. The predicted octanol–water partition coefficient (Wildman–Crippen LogP) is 3.83. The quantitative estimate of drug-likeness (QED) is 0.242. The molecule has 0 aromatic heterocycles. The summed E-state index contributed by atoms with van der Waals surface area (Å²) >= 11 is 0. The van der Waals surface area contributed by atoms with Gasteiger partial charge in [0.15, 0.2) is 0 Å². The number of ether oxygens (including phenoxy) is 3. The summed E-state index contributed by atoms with van der Waals surface area (Å²) in [6.45, 7) is 5.21. The Labute approximate surface area is 192 Å². The van der Waals surface area contributed by atoms with Crippen LogP contribution in [0.5, 0.6) is 11.5 Å². The number of hydrogen-bond donors (Lipinski definition) is 4. The van der Waals surface area contributed by atoms with Crippen molar-refractivity contribution in [3.63, 3.8) is 0 Å². The van der Waals surface area contributed by atoms with Crippen LogP contribution < -0.4 is 20.3 Å². The standard InChI is InChI=1S/C24H30N2O7/c1-15(17(3)23(28)26-30)16(2)22(18-5-9-21(10-6-18)32-14-13-27)33-24(29)25-19-7-11-20(31-4)12-8-19/h5-12,16,22,27,30H,13-14H2,1-4H3,(H,25,29)(H,26,28)/b17-15+/t16-,22-/m0/s1. The normalized spacial score (nSPS) is 13.3. The van der Waals surface area contributed by atoms with Gasteiger partial charge in [-0.05, 0) is 55.8 Å². The van der Waals surface area contributed by atoms with E-state index in [-0.39, 0.29) is 13.2 Å². The maximum Gasteiger partial charge on any atom is 0.412 e. The third-order valence-electron chi connectivity index (χ3n) is 5.31. The van der Waals surface area contributed by atoms with Gasteiger partial charge in [0.25, 0.3) is 5.91 Å². The highest BCUT2D eigenvalue weighted by atomic mass is 16.6. The van der Waals surface area contributed by atoms with Crippen LogP contribution >= 0.6 is 0 Å². The van der Waals surface area contributed by atoms with Gasteiger partial charge in [0.1, 0.15) is 24.2 Å². The van der Waals surface area contributed by atoms with Crippen molar-refractivity contribution >= 4 is 17.7 Å². The van der Waals surface area contributed by atoms with E-state index in [9.17, 15) is 9.59 Å². The van der Waals surface area contributed by atoms with E-state index in [0.29, 0.717) is 33.9 Å². The van der Waals surface area contributed by atoms with Gasteiger partial charge in [-0.15, -0.1) is 0 Å². The van der Waals surface area contributed by atoms with Crippen LogP contribution in [0.4, 0.5) is 10.5 Å². The van der Waals surface area contributed by atoms with E-state index in [2.05, 4.69) is 5.32 Å². The maximum absolute atomic E-state index is 12.7. The molecule has 0 heterocycles. The van der Waals surface area contributed by atoms with E-state index in [1.54, 1.807) is 75.0 Å². The van der Waals surface area contributed by atoms with Crippen LogP contribution in [0.3, 0.4) is 0 Å². The Hall–Kier alpha value is -3.56. The number of carbonyl (C=O) groups excluding carboxylic acids is 2. The van der Waals surface area contributed by atoms with Gasteiger partial charge in [-0.3, -0.25) is 15.3 Å². The Morgan fingerprint density at radius 2 is 1.61 bits per heavy atom. The van der Waals surface area contributed by atoms with E-state index in [1.165, 1.54) is 0 Å². The molecule has 9 nitrogen and oxygen atoms in total. The Kier molecular flexibility index (Phi) is 9.71. The van der Waals surface area contributed by atoms with Crippen LogP contribution in [0.2, 0.25) is 0 Å². The average molecular weight is 459 g/mol. The topological polar surface area (TPSA) is 126 Å². The zero-order chi connectivity index (χ0) is 24.4. The van der Waals surface area contributed by atoms with E-state index in [4.69, 9.17) is 24.5 Å². The SMILES string of the molecule is COc1ccc(NC(=O)O[C@H](c2ccc(OCCO)cc2)[C@@H](C)/C(C)=C(\C)C(=O)NO)cc1. The molecule has 2 aromatic carbocycles. The lowest BCUT2D eigenvalue weighted by atomic mass is 9.88. The van der Waals surface area contributed by atoms with Crippen molar-refractivity contribution in [3.05, 3.63) is 65.2 Å². The zero-order valence-electron chi connectivity index (χ0n) is 19.1. The molecule has 0 aliphatic rings. The molecule has 33 heavy (non-hydrogen) atoms. The molecule has 178 valence electrons. The van der Waals surface area contributed by atoms with Crippen molar-refractivity contribution < 1.29 is 34.1 Å². The Balaban J connectivity index is 2.28. The first-order valence-electron chi connectivity index (χ1n) is 10.4. The van der Waals surface area contributed by atoms with Crippen molar-refractivity contribution in [2.45, 2.75) is 26.9 Å². The lowest BCUT2D eigenvalue weighted by molar-refractivity contribution is -0.125. The molecule has 0 saturated carbocycles. The molecule has 4 N–H and O–H groups in total. The van der Waals surface area contributed by atoms with E-state index in [1.807, 2.05) is 6.92 Å². The summed E-state index contributed by atoms with van der Waals surface area (Å²) in [5, 5.41) is 20.6. The minimum absolute atomic E-state index is 0.105. The summed E-state index contributed by atoms with van der Waals surface area (Å²) in [5.74, 6) is 0.189. The van der Waals surface area contributed by atoms with Gasteiger partial charge in [-0.1, -0.05) is 24.6 Å². The molecule has 2 aromatic rings. The van der Waals surface area contributed by atoms with Crippen molar-refractivity contribution in [1.29, 1.82) is 0 Å². The van der Waals surface area contributed by atoms with Crippen LogP contribution in [0.25, 0.3) is 0 Å². The Morgan fingerprint density at radius 1 is 1.00 bits per heavy atom. The number of hydrogen-bond acceptors (Lipinski definition) is 7. The number of benzene rings is 2. The Bertz CT molecular complexity index is 956. The minimum Gasteiger partial charge on any atom is -0.497 e. The van der Waals surface area contributed by atoms with Crippen molar-refractivity contribution in [2.75, 3.05) is 25.6 Å². The second kappa shape index (κ2) is 12.5. The highest BCUT2D eigenvalue weighted by Crippen LogP contribution is 2.34. The molecule has 0 bridgehead atoms. The second-order valence-corrected chi connectivity index (χ2v) is 7.36. The molecule has 2 rings (SSSR count). The minimum atomic E-state index is -0.739.